The van der Waals surface area contributed by atoms with E-state index in [4.69, 9.17) is 11.6 Å². The van der Waals surface area contributed by atoms with Crippen molar-refractivity contribution in [3.8, 4) is 5.75 Å². The zero-order valence-corrected chi connectivity index (χ0v) is 16.5. The molecule has 0 aliphatic heterocycles. The van der Waals surface area contributed by atoms with Crippen LogP contribution in [0.15, 0.2) is 59.7 Å². The predicted molar refractivity (Wildman–Crippen MR) is 115 cm³/mol. The number of amides is 1. The van der Waals surface area contributed by atoms with Crippen LogP contribution < -0.4 is 10.7 Å². The van der Waals surface area contributed by atoms with Crippen LogP contribution in [0.25, 0.3) is 10.8 Å². The van der Waals surface area contributed by atoms with E-state index in [9.17, 15) is 9.90 Å². The molecule has 0 spiro atoms. The van der Waals surface area contributed by atoms with E-state index in [1.165, 1.54) is 6.21 Å². The van der Waals surface area contributed by atoms with Crippen LogP contribution in [0.2, 0.25) is 5.02 Å². The molecule has 5 nitrogen and oxygen atoms in total. The standard InChI is InChI=1S/C22H22ClN3O2/c1-3-19(25-20-10-9-16(23)12-14(20)2)22(28)26-24-13-18-17-7-5-4-6-15(17)8-11-21(18)27/h4-13,19,25,27H,3H2,1-2H3,(H,26,28)/t19-/m1/s1. The Morgan fingerprint density at radius 1 is 1.21 bits per heavy atom. The highest BCUT2D eigenvalue weighted by Gasteiger charge is 2.16. The summed E-state index contributed by atoms with van der Waals surface area (Å²) >= 11 is 5.98. The highest BCUT2D eigenvalue weighted by molar-refractivity contribution is 6.30. The minimum Gasteiger partial charge on any atom is -0.507 e. The molecule has 0 aromatic heterocycles. The molecule has 0 bridgehead atoms. The topological polar surface area (TPSA) is 73.7 Å². The monoisotopic (exact) mass is 395 g/mol. The number of anilines is 1. The molecule has 144 valence electrons. The number of nitrogens with one attached hydrogen (secondary N) is 2. The third kappa shape index (κ3) is 4.43. The van der Waals surface area contributed by atoms with Gasteiger partial charge in [0.1, 0.15) is 11.8 Å². The maximum absolute atomic E-state index is 12.5. The number of nitrogens with zero attached hydrogens (tertiary/aromatic N) is 1. The van der Waals surface area contributed by atoms with Crippen molar-refractivity contribution in [1.82, 2.24) is 5.43 Å². The summed E-state index contributed by atoms with van der Waals surface area (Å²) in [5, 5.41) is 19.9. The lowest BCUT2D eigenvalue weighted by Crippen LogP contribution is -2.37. The fourth-order valence-electron chi connectivity index (χ4n) is 2.99. The zero-order valence-electron chi connectivity index (χ0n) is 15.7. The second-order valence-electron chi connectivity index (χ2n) is 6.52. The lowest BCUT2D eigenvalue weighted by Gasteiger charge is -2.18. The summed E-state index contributed by atoms with van der Waals surface area (Å²) in [6.07, 6.45) is 2.05. The van der Waals surface area contributed by atoms with E-state index in [1.54, 1.807) is 12.1 Å². The van der Waals surface area contributed by atoms with Gasteiger partial charge in [-0.3, -0.25) is 4.79 Å². The number of halogens is 1. The molecule has 0 aliphatic rings. The Labute approximate surface area is 169 Å². The van der Waals surface area contributed by atoms with Gasteiger partial charge < -0.3 is 10.4 Å². The Kier molecular flexibility index (Phi) is 6.16. The molecule has 0 radical (unpaired) electrons. The van der Waals surface area contributed by atoms with Gasteiger partial charge in [0.25, 0.3) is 5.91 Å². The van der Waals surface area contributed by atoms with Gasteiger partial charge in [-0.15, -0.1) is 0 Å². The summed E-state index contributed by atoms with van der Waals surface area (Å²) in [6.45, 7) is 3.85. The molecule has 3 rings (SSSR count). The number of hydrogen-bond acceptors (Lipinski definition) is 4. The molecule has 0 heterocycles. The first-order chi connectivity index (χ1) is 13.5. The van der Waals surface area contributed by atoms with E-state index < -0.39 is 6.04 Å². The van der Waals surface area contributed by atoms with Gasteiger partial charge >= 0.3 is 0 Å². The van der Waals surface area contributed by atoms with E-state index in [2.05, 4.69) is 15.8 Å². The maximum Gasteiger partial charge on any atom is 0.262 e. The smallest absolute Gasteiger partial charge is 0.262 e. The van der Waals surface area contributed by atoms with Crippen LogP contribution in [0, 0.1) is 6.92 Å². The first kappa shape index (κ1) is 19.7. The van der Waals surface area contributed by atoms with Crippen molar-refractivity contribution < 1.29 is 9.90 Å². The number of rotatable bonds is 6. The Balaban J connectivity index is 1.73. The summed E-state index contributed by atoms with van der Waals surface area (Å²) in [7, 11) is 0. The van der Waals surface area contributed by atoms with E-state index in [0.29, 0.717) is 17.0 Å². The second-order valence-corrected chi connectivity index (χ2v) is 6.95. The molecule has 3 N–H and O–H groups in total. The molecule has 0 aliphatic carbocycles. The molecule has 0 saturated carbocycles. The number of aromatic hydroxyl groups is 1. The number of hydrazone groups is 1. The summed E-state index contributed by atoms with van der Waals surface area (Å²) in [4.78, 5) is 12.5. The van der Waals surface area contributed by atoms with E-state index in [1.807, 2.05) is 56.3 Å². The Morgan fingerprint density at radius 2 is 2.00 bits per heavy atom. The first-order valence-corrected chi connectivity index (χ1v) is 9.43. The van der Waals surface area contributed by atoms with Crippen molar-refractivity contribution >= 4 is 40.2 Å². The number of hydrogen-bond donors (Lipinski definition) is 3. The Bertz CT molecular complexity index is 1030. The van der Waals surface area contributed by atoms with Crippen LogP contribution in [0.1, 0.15) is 24.5 Å². The van der Waals surface area contributed by atoms with Crippen LogP contribution in [0.5, 0.6) is 5.75 Å². The average Bonchev–Trinajstić information content (AvgIpc) is 2.69. The summed E-state index contributed by atoms with van der Waals surface area (Å²) in [6, 6.07) is 16.2. The number of phenols is 1. The normalized spacial score (nSPS) is 12.2. The van der Waals surface area contributed by atoms with Gasteiger partial charge in [0.05, 0.1) is 6.21 Å². The zero-order chi connectivity index (χ0) is 20.1. The molecule has 0 saturated heterocycles. The van der Waals surface area contributed by atoms with Crippen molar-refractivity contribution in [1.29, 1.82) is 0 Å². The summed E-state index contributed by atoms with van der Waals surface area (Å²) < 4.78 is 0. The molecule has 1 atom stereocenters. The van der Waals surface area contributed by atoms with Crippen LogP contribution in [0.3, 0.4) is 0 Å². The van der Waals surface area contributed by atoms with Crippen molar-refractivity contribution in [2.24, 2.45) is 5.10 Å². The average molecular weight is 396 g/mol. The largest absolute Gasteiger partial charge is 0.507 e. The minimum atomic E-state index is -0.446. The molecule has 0 unspecified atom stereocenters. The third-order valence-electron chi connectivity index (χ3n) is 4.56. The van der Waals surface area contributed by atoms with Gasteiger partial charge in [0, 0.05) is 16.3 Å². The van der Waals surface area contributed by atoms with Gasteiger partial charge in [-0.2, -0.15) is 5.10 Å². The maximum atomic E-state index is 12.5. The van der Waals surface area contributed by atoms with Crippen LogP contribution >= 0.6 is 11.6 Å². The molecule has 6 heteroatoms. The third-order valence-corrected chi connectivity index (χ3v) is 4.79. The fourth-order valence-corrected chi connectivity index (χ4v) is 3.21. The van der Waals surface area contributed by atoms with Crippen molar-refractivity contribution in [2.45, 2.75) is 26.3 Å². The van der Waals surface area contributed by atoms with Crippen LogP contribution in [-0.4, -0.2) is 23.3 Å². The Hall–Kier alpha value is -3.05. The SMILES string of the molecule is CC[C@@H](Nc1ccc(Cl)cc1C)C(=O)NN=Cc1c(O)ccc2ccccc12. The number of aryl methyl sites for hydroxylation is 1. The van der Waals surface area contributed by atoms with Gasteiger partial charge in [0.2, 0.25) is 0 Å². The summed E-state index contributed by atoms with van der Waals surface area (Å²) in [5.74, 6) is -0.147. The van der Waals surface area contributed by atoms with Crippen molar-refractivity contribution in [3.63, 3.8) is 0 Å². The minimum absolute atomic E-state index is 0.110. The lowest BCUT2D eigenvalue weighted by atomic mass is 10.0. The number of benzene rings is 3. The molecular weight excluding hydrogens is 374 g/mol. The quantitative estimate of drug-likeness (QED) is 0.412. The predicted octanol–water partition coefficient (Wildman–Crippen LogP) is 4.85. The van der Waals surface area contributed by atoms with Gasteiger partial charge in [-0.25, -0.2) is 5.43 Å². The van der Waals surface area contributed by atoms with E-state index in [0.717, 1.165) is 22.0 Å². The van der Waals surface area contributed by atoms with Gasteiger partial charge in [-0.1, -0.05) is 48.9 Å². The molecule has 28 heavy (non-hydrogen) atoms. The second kappa shape index (κ2) is 8.76. The van der Waals surface area contributed by atoms with Crippen LogP contribution in [0.4, 0.5) is 5.69 Å². The number of fused-ring (bicyclic) bond motifs is 1. The first-order valence-electron chi connectivity index (χ1n) is 9.06. The Morgan fingerprint density at radius 3 is 2.75 bits per heavy atom. The molecule has 3 aromatic carbocycles. The molecule has 1 amide bonds. The van der Waals surface area contributed by atoms with E-state index in [-0.39, 0.29) is 11.7 Å². The van der Waals surface area contributed by atoms with Crippen molar-refractivity contribution in [2.75, 3.05) is 5.32 Å². The molecule has 0 fully saturated rings. The highest BCUT2D eigenvalue weighted by Crippen LogP contribution is 2.25. The highest BCUT2D eigenvalue weighted by atomic mass is 35.5. The van der Waals surface area contributed by atoms with Crippen LogP contribution in [-0.2, 0) is 4.79 Å². The molecule has 3 aromatic rings. The van der Waals surface area contributed by atoms with Gasteiger partial charge in [-0.05, 0) is 53.9 Å². The molecular formula is C22H22ClN3O2. The van der Waals surface area contributed by atoms with E-state index >= 15 is 0 Å². The fraction of sp³-hybridized carbons (Fsp3) is 0.182. The van der Waals surface area contributed by atoms with Gasteiger partial charge in [0.15, 0.2) is 0 Å². The number of carbonyl (C=O) groups is 1. The summed E-state index contributed by atoms with van der Waals surface area (Å²) in [5.41, 5.74) is 4.93. The van der Waals surface area contributed by atoms with Crippen molar-refractivity contribution in [3.05, 3.63) is 70.7 Å². The number of phenolic OH excluding ortho intramolecular Hbond substituents is 1. The number of carbonyl (C=O) groups excluding carboxylic acids is 1. The lowest BCUT2D eigenvalue weighted by molar-refractivity contribution is -0.121.